The van der Waals surface area contributed by atoms with E-state index in [1.165, 1.54) is 16.9 Å². The van der Waals surface area contributed by atoms with E-state index >= 15 is 0 Å². The van der Waals surface area contributed by atoms with Gasteiger partial charge in [-0.15, -0.1) is 11.3 Å². The molecule has 2 aromatic rings. The zero-order chi connectivity index (χ0) is 18.3. The lowest BCUT2D eigenvalue weighted by molar-refractivity contribution is -0.124. The highest BCUT2D eigenvalue weighted by Gasteiger charge is 2.13. The lowest BCUT2D eigenvalue weighted by Gasteiger charge is -2.19. The van der Waals surface area contributed by atoms with Crippen molar-refractivity contribution in [3.63, 3.8) is 0 Å². The molecule has 0 atom stereocenters. The van der Waals surface area contributed by atoms with Crippen LogP contribution in [0.15, 0.2) is 41.8 Å². The Morgan fingerprint density at radius 2 is 1.84 bits per heavy atom. The monoisotopic (exact) mass is 361 g/mol. The van der Waals surface area contributed by atoms with Gasteiger partial charge in [-0.25, -0.2) is 4.79 Å². The van der Waals surface area contributed by atoms with Gasteiger partial charge in [0.1, 0.15) is 17.2 Å². The van der Waals surface area contributed by atoms with Crippen molar-refractivity contribution in [3.8, 4) is 5.75 Å². The number of carbonyl (C=O) groups excluding carboxylic acids is 2. The molecule has 134 valence electrons. The van der Waals surface area contributed by atoms with Gasteiger partial charge in [-0.05, 0) is 34.6 Å². The topological polar surface area (TPSA) is 64.6 Å². The van der Waals surface area contributed by atoms with Gasteiger partial charge in [0.15, 0.2) is 6.61 Å². The highest BCUT2D eigenvalue weighted by molar-refractivity contribution is 7.11. The van der Waals surface area contributed by atoms with E-state index in [4.69, 9.17) is 9.47 Å². The smallest absolute Gasteiger partial charge is 0.348 e. The summed E-state index contributed by atoms with van der Waals surface area (Å²) in [6.45, 7) is 6.86. The molecule has 1 aromatic heterocycles. The SMILES string of the molecule is CC(C)(C)c1ccc(OCCNC(=O)COC(=O)c2cccs2)cc1. The van der Waals surface area contributed by atoms with E-state index in [1.54, 1.807) is 17.5 Å². The molecule has 25 heavy (non-hydrogen) atoms. The molecule has 0 saturated heterocycles. The van der Waals surface area contributed by atoms with E-state index < -0.39 is 5.97 Å². The Morgan fingerprint density at radius 3 is 2.44 bits per heavy atom. The first kappa shape index (κ1) is 19.0. The van der Waals surface area contributed by atoms with E-state index in [2.05, 4.69) is 26.1 Å². The van der Waals surface area contributed by atoms with Crippen molar-refractivity contribution < 1.29 is 19.1 Å². The third-order valence-electron chi connectivity index (χ3n) is 3.47. The predicted octanol–water partition coefficient (Wildman–Crippen LogP) is 3.40. The number of amides is 1. The summed E-state index contributed by atoms with van der Waals surface area (Å²) < 4.78 is 10.5. The fourth-order valence-corrected chi connectivity index (χ4v) is 2.67. The first-order valence-electron chi connectivity index (χ1n) is 8.07. The van der Waals surface area contributed by atoms with Gasteiger partial charge < -0.3 is 14.8 Å². The summed E-state index contributed by atoms with van der Waals surface area (Å²) in [7, 11) is 0. The number of ether oxygens (including phenoxy) is 2. The Morgan fingerprint density at radius 1 is 1.12 bits per heavy atom. The van der Waals surface area contributed by atoms with Crippen LogP contribution in [0.4, 0.5) is 0 Å². The third kappa shape index (κ3) is 6.23. The van der Waals surface area contributed by atoms with E-state index in [-0.39, 0.29) is 17.9 Å². The number of hydrogen-bond donors (Lipinski definition) is 1. The van der Waals surface area contributed by atoms with Crippen molar-refractivity contribution in [2.45, 2.75) is 26.2 Å². The molecule has 0 fully saturated rings. The Kier molecular flexibility index (Phi) is 6.58. The number of hydrogen-bond acceptors (Lipinski definition) is 5. The average Bonchev–Trinajstić information content (AvgIpc) is 3.11. The minimum absolute atomic E-state index is 0.104. The molecule has 0 radical (unpaired) electrons. The first-order valence-corrected chi connectivity index (χ1v) is 8.95. The van der Waals surface area contributed by atoms with Crippen molar-refractivity contribution in [2.75, 3.05) is 19.8 Å². The normalized spacial score (nSPS) is 11.0. The molecule has 2 rings (SSSR count). The summed E-state index contributed by atoms with van der Waals surface area (Å²) in [6.07, 6.45) is 0. The zero-order valence-corrected chi connectivity index (χ0v) is 15.5. The largest absolute Gasteiger partial charge is 0.492 e. The Bertz CT molecular complexity index is 687. The zero-order valence-electron chi connectivity index (χ0n) is 14.7. The lowest BCUT2D eigenvalue weighted by Crippen LogP contribution is -2.32. The first-order chi connectivity index (χ1) is 11.9. The predicted molar refractivity (Wildman–Crippen MR) is 98.2 cm³/mol. The summed E-state index contributed by atoms with van der Waals surface area (Å²) >= 11 is 1.28. The van der Waals surface area contributed by atoms with Gasteiger partial charge in [0.05, 0.1) is 6.54 Å². The van der Waals surface area contributed by atoms with Crippen molar-refractivity contribution in [3.05, 3.63) is 52.2 Å². The minimum Gasteiger partial charge on any atom is -0.492 e. The molecule has 0 aliphatic rings. The molecule has 1 aromatic carbocycles. The molecular formula is C19H23NO4S. The van der Waals surface area contributed by atoms with Crippen molar-refractivity contribution in [1.29, 1.82) is 0 Å². The van der Waals surface area contributed by atoms with Crippen LogP contribution in [0.1, 0.15) is 36.0 Å². The Hall–Kier alpha value is -2.34. The average molecular weight is 361 g/mol. The van der Waals surface area contributed by atoms with Crippen molar-refractivity contribution in [2.24, 2.45) is 0 Å². The second kappa shape index (κ2) is 8.67. The molecular weight excluding hydrogens is 338 g/mol. The second-order valence-corrected chi connectivity index (χ2v) is 7.47. The number of nitrogens with one attached hydrogen (secondary N) is 1. The number of carbonyl (C=O) groups is 2. The standard InChI is InChI=1S/C19H23NO4S/c1-19(2,3)14-6-8-15(9-7-14)23-11-10-20-17(21)13-24-18(22)16-5-4-12-25-16/h4-9,12H,10-11,13H2,1-3H3,(H,20,21). The summed E-state index contributed by atoms with van der Waals surface area (Å²) in [4.78, 5) is 23.7. The van der Waals surface area contributed by atoms with Crippen LogP contribution in [0.25, 0.3) is 0 Å². The third-order valence-corrected chi connectivity index (χ3v) is 4.32. The maximum Gasteiger partial charge on any atom is 0.348 e. The van der Waals surface area contributed by atoms with Crippen molar-refractivity contribution in [1.82, 2.24) is 5.32 Å². The van der Waals surface area contributed by atoms with Crippen LogP contribution >= 0.6 is 11.3 Å². The summed E-state index contributed by atoms with van der Waals surface area (Å²) in [6, 6.07) is 11.3. The van der Waals surface area contributed by atoms with Crippen LogP contribution in [0.2, 0.25) is 0 Å². The van der Waals surface area contributed by atoms with E-state index in [1.807, 2.05) is 24.3 Å². The fraction of sp³-hybridized carbons (Fsp3) is 0.368. The van der Waals surface area contributed by atoms with Crippen LogP contribution in [0.5, 0.6) is 5.75 Å². The Balaban J connectivity index is 1.64. The van der Waals surface area contributed by atoms with Gasteiger partial charge in [0, 0.05) is 0 Å². The number of esters is 1. The molecule has 0 bridgehead atoms. The molecule has 1 heterocycles. The van der Waals surface area contributed by atoms with Crippen LogP contribution in [-0.4, -0.2) is 31.6 Å². The highest BCUT2D eigenvalue weighted by Crippen LogP contribution is 2.24. The van der Waals surface area contributed by atoms with E-state index in [0.29, 0.717) is 18.0 Å². The van der Waals surface area contributed by atoms with Crippen molar-refractivity contribution >= 4 is 23.2 Å². The van der Waals surface area contributed by atoms with Crippen LogP contribution in [0, 0.1) is 0 Å². The van der Waals surface area contributed by atoms with Crippen LogP contribution in [0.3, 0.4) is 0 Å². The quantitative estimate of drug-likeness (QED) is 0.606. The maximum absolute atomic E-state index is 11.6. The van der Waals surface area contributed by atoms with Gasteiger partial charge in [-0.1, -0.05) is 39.0 Å². The molecule has 1 amide bonds. The van der Waals surface area contributed by atoms with Gasteiger partial charge >= 0.3 is 5.97 Å². The lowest BCUT2D eigenvalue weighted by atomic mass is 9.87. The van der Waals surface area contributed by atoms with Gasteiger partial charge in [0.25, 0.3) is 5.91 Å². The van der Waals surface area contributed by atoms with E-state index in [9.17, 15) is 9.59 Å². The molecule has 0 aliphatic heterocycles. The minimum atomic E-state index is -0.486. The fourth-order valence-electron chi connectivity index (χ4n) is 2.06. The van der Waals surface area contributed by atoms with E-state index in [0.717, 1.165) is 5.75 Å². The Labute approximate surface area is 152 Å². The van der Waals surface area contributed by atoms with Gasteiger partial charge in [-0.3, -0.25) is 4.79 Å². The summed E-state index contributed by atoms with van der Waals surface area (Å²) in [5.74, 6) is -0.0803. The van der Waals surface area contributed by atoms with Gasteiger partial charge in [-0.2, -0.15) is 0 Å². The summed E-state index contributed by atoms with van der Waals surface area (Å²) in [5.41, 5.74) is 1.34. The number of thiophene rings is 1. The molecule has 0 saturated carbocycles. The second-order valence-electron chi connectivity index (χ2n) is 6.53. The van der Waals surface area contributed by atoms with Crippen LogP contribution < -0.4 is 10.1 Å². The van der Waals surface area contributed by atoms with Gasteiger partial charge in [0.2, 0.25) is 0 Å². The highest BCUT2D eigenvalue weighted by atomic mass is 32.1. The molecule has 0 spiro atoms. The maximum atomic E-state index is 11.6. The number of benzene rings is 1. The van der Waals surface area contributed by atoms with Crippen LogP contribution in [-0.2, 0) is 14.9 Å². The molecule has 5 nitrogen and oxygen atoms in total. The molecule has 0 unspecified atom stereocenters. The molecule has 6 heteroatoms. The molecule has 0 aliphatic carbocycles. The molecule has 1 N–H and O–H groups in total. The number of rotatable bonds is 7. The summed E-state index contributed by atoms with van der Waals surface area (Å²) in [5, 5.41) is 4.43.